The van der Waals surface area contributed by atoms with Crippen molar-refractivity contribution in [1.29, 1.82) is 0 Å². The van der Waals surface area contributed by atoms with E-state index in [9.17, 15) is 0 Å². The normalized spacial score (nSPS) is 10.7. The molecule has 0 radical (unpaired) electrons. The number of hydrazine groups is 1. The molecule has 2 heterocycles. The lowest BCUT2D eigenvalue weighted by atomic mass is 10.3. The fraction of sp³-hybridized carbons (Fsp3) is 0.417. The van der Waals surface area contributed by atoms with Crippen LogP contribution < -0.4 is 11.3 Å². The average molecular weight is 279 g/mol. The van der Waals surface area contributed by atoms with E-state index < -0.39 is 0 Å². The van der Waals surface area contributed by atoms with E-state index in [4.69, 9.17) is 10.3 Å². The second kappa shape index (κ2) is 6.03. The fourth-order valence-electron chi connectivity index (χ4n) is 1.51. The van der Waals surface area contributed by atoms with Crippen LogP contribution in [-0.2, 0) is 6.42 Å². The number of hydrogen-bond donors (Lipinski definition) is 2. The van der Waals surface area contributed by atoms with E-state index in [1.54, 1.807) is 6.07 Å². The standard InChI is InChI=1S/C12H17N5OS/c1-4-5-9-15-10(17-13)6-11(16-9)19-12-14-7(2)8(3)18-12/h6H,4-5,13H2,1-3H3,(H,15,16,17). The number of nitrogens with one attached hydrogen (secondary N) is 1. The van der Waals surface area contributed by atoms with Gasteiger partial charge in [0.25, 0.3) is 5.22 Å². The fourth-order valence-corrected chi connectivity index (χ4v) is 2.36. The highest BCUT2D eigenvalue weighted by molar-refractivity contribution is 7.99. The molecular weight excluding hydrogens is 262 g/mol. The van der Waals surface area contributed by atoms with E-state index in [0.717, 1.165) is 35.1 Å². The van der Waals surface area contributed by atoms with Crippen molar-refractivity contribution in [2.75, 3.05) is 5.43 Å². The number of nitrogen functional groups attached to an aromatic ring is 1. The molecule has 0 spiro atoms. The van der Waals surface area contributed by atoms with Crippen molar-refractivity contribution >= 4 is 17.6 Å². The van der Waals surface area contributed by atoms with Crippen molar-refractivity contribution < 1.29 is 4.42 Å². The third-order valence-electron chi connectivity index (χ3n) is 2.57. The molecule has 2 aromatic rings. The Kier molecular flexibility index (Phi) is 4.39. The summed E-state index contributed by atoms with van der Waals surface area (Å²) < 4.78 is 5.53. The van der Waals surface area contributed by atoms with Gasteiger partial charge in [0.05, 0.1) is 5.69 Å². The molecule has 7 heteroatoms. The SMILES string of the molecule is CCCc1nc(NN)cc(Sc2nc(C)c(C)o2)n1. The van der Waals surface area contributed by atoms with Crippen molar-refractivity contribution in [3.8, 4) is 0 Å². The average Bonchev–Trinajstić information content (AvgIpc) is 2.68. The highest BCUT2D eigenvalue weighted by Crippen LogP contribution is 2.28. The van der Waals surface area contributed by atoms with Crippen LogP contribution in [0.4, 0.5) is 5.82 Å². The monoisotopic (exact) mass is 279 g/mol. The maximum Gasteiger partial charge on any atom is 0.262 e. The third kappa shape index (κ3) is 3.45. The van der Waals surface area contributed by atoms with E-state index in [0.29, 0.717) is 11.0 Å². The second-order valence-corrected chi connectivity index (χ2v) is 5.10. The first-order valence-electron chi connectivity index (χ1n) is 6.08. The molecule has 0 aliphatic rings. The summed E-state index contributed by atoms with van der Waals surface area (Å²) in [7, 11) is 0. The highest BCUT2D eigenvalue weighted by atomic mass is 32.2. The maximum absolute atomic E-state index is 5.53. The predicted molar refractivity (Wildman–Crippen MR) is 73.9 cm³/mol. The Morgan fingerprint density at radius 2 is 2.11 bits per heavy atom. The van der Waals surface area contributed by atoms with Crippen LogP contribution in [-0.4, -0.2) is 15.0 Å². The van der Waals surface area contributed by atoms with Gasteiger partial charge in [-0.1, -0.05) is 6.92 Å². The zero-order valence-electron chi connectivity index (χ0n) is 11.2. The molecule has 2 aromatic heterocycles. The first kappa shape index (κ1) is 13.8. The van der Waals surface area contributed by atoms with E-state index in [1.165, 1.54) is 11.8 Å². The molecule has 3 N–H and O–H groups in total. The number of rotatable bonds is 5. The number of nitrogens with two attached hydrogens (primary N) is 1. The minimum absolute atomic E-state index is 0.583. The van der Waals surface area contributed by atoms with Gasteiger partial charge in [-0.15, -0.1) is 0 Å². The lowest BCUT2D eigenvalue weighted by Crippen LogP contribution is -2.10. The minimum atomic E-state index is 0.583. The molecule has 0 saturated heterocycles. The molecule has 0 bridgehead atoms. The summed E-state index contributed by atoms with van der Waals surface area (Å²) in [6.07, 6.45) is 1.79. The maximum atomic E-state index is 5.53. The van der Waals surface area contributed by atoms with Gasteiger partial charge in [-0.05, 0) is 32.0 Å². The molecule has 0 aliphatic heterocycles. The molecule has 0 atom stereocenters. The molecule has 0 unspecified atom stereocenters. The minimum Gasteiger partial charge on any atom is -0.436 e. The number of aryl methyl sites for hydroxylation is 3. The number of hydrogen-bond acceptors (Lipinski definition) is 7. The van der Waals surface area contributed by atoms with E-state index in [1.807, 2.05) is 13.8 Å². The van der Waals surface area contributed by atoms with Gasteiger partial charge < -0.3 is 9.84 Å². The van der Waals surface area contributed by atoms with Gasteiger partial charge in [0.2, 0.25) is 0 Å². The lowest BCUT2D eigenvalue weighted by molar-refractivity contribution is 0.431. The molecule has 0 amide bonds. The van der Waals surface area contributed by atoms with Crippen molar-refractivity contribution in [2.45, 2.75) is 43.9 Å². The van der Waals surface area contributed by atoms with Gasteiger partial charge in [-0.25, -0.2) is 20.8 Å². The van der Waals surface area contributed by atoms with E-state index >= 15 is 0 Å². The molecule has 6 nitrogen and oxygen atoms in total. The Morgan fingerprint density at radius 1 is 1.32 bits per heavy atom. The largest absolute Gasteiger partial charge is 0.436 e. The Hall–Kier alpha value is -1.60. The van der Waals surface area contributed by atoms with Crippen LogP contribution in [0, 0.1) is 13.8 Å². The number of oxazole rings is 1. The third-order valence-corrected chi connectivity index (χ3v) is 3.34. The summed E-state index contributed by atoms with van der Waals surface area (Å²) in [6, 6.07) is 1.78. The summed E-state index contributed by atoms with van der Waals surface area (Å²) in [5, 5.41) is 1.35. The summed E-state index contributed by atoms with van der Waals surface area (Å²) in [6.45, 7) is 5.89. The topological polar surface area (TPSA) is 89.9 Å². The van der Waals surface area contributed by atoms with Crippen LogP contribution in [0.25, 0.3) is 0 Å². The summed E-state index contributed by atoms with van der Waals surface area (Å²) >= 11 is 1.37. The van der Waals surface area contributed by atoms with Crippen molar-refractivity contribution in [2.24, 2.45) is 5.84 Å². The van der Waals surface area contributed by atoms with Crippen molar-refractivity contribution in [3.05, 3.63) is 23.3 Å². The van der Waals surface area contributed by atoms with Crippen molar-refractivity contribution in [1.82, 2.24) is 15.0 Å². The van der Waals surface area contributed by atoms with Gasteiger partial charge >= 0.3 is 0 Å². The van der Waals surface area contributed by atoms with Gasteiger partial charge in [0, 0.05) is 12.5 Å². The Morgan fingerprint density at radius 3 is 2.68 bits per heavy atom. The van der Waals surface area contributed by atoms with Gasteiger partial charge in [0.1, 0.15) is 22.4 Å². The van der Waals surface area contributed by atoms with Gasteiger partial charge in [-0.2, -0.15) is 0 Å². The molecule has 2 rings (SSSR count). The lowest BCUT2D eigenvalue weighted by Gasteiger charge is -2.05. The van der Waals surface area contributed by atoms with Crippen LogP contribution in [0.1, 0.15) is 30.6 Å². The van der Waals surface area contributed by atoms with Crippen LogP contribution in [0.15, 0.2) is 20.7 Å². The first-order chi connectivity index (χ1) is 9.12. The second-order valence-electron chi connectivity index (χ2n) is 4.13. The van der Waals surface area contributed by atoms with E-state index in [2.05, 4.69) is 27.3 Å². The van der Waals surface area contributed by atoms with Crippen LogP contribution >= 0.6 is 11.8 Å². The quantitative estimate of drug-likeness (QED) is 0.493. The van der Waals surface area contributed by atoms with Crippen LogP contribution in [0.5, 0.6) is 0 Å². The summed E-state index contributed by atoms with van der Waals surface area (Å²) in [5.41, 5.74) is 3.44. The molecule has 19 heavy (non-hydrogen) atoms. The smallest absolute Gasteiger partial charge is 0.262 e. The zero-order chi connectivity index (χ0) is 13.8. The number of anilines is 1. The van der Waals surface area contributed by atoms with Crippen LogP contribution in [0.2, 0.25) is 0 Å². The van der Waals surface area contributed by atoms with E-state index in [-0.39, 0.29) is 0 Å². The number of aromatic nitrogens is 3. The Labute approximate surface area is 116 Å². The molecular formula is C12H17N5OS. The van der Waals surface area contributed by atoms with Gasteiger partial charge in [0.15, 0.2) is 0 Å². The summed E-state index contributed by atoms with van der Waals surface area (Å²) in [4.78, 5) is 13.1. The Bertz CT molecular complexity index is 550. The molecule has 0 aliphatic carbocycles. The summed E-state index contributed by atoms with van der Waals surface area (Å²) in [5.74, 6) is 7.60. The molecule has 0 fully saturated rings. The van der Waals surface area contributed by atoms with Gasteiger partial charge in [-0.3, -0.25) is 0 Å². The zero-order valence-corrected chi connectivity index (χ0v) is 12.0. The Balaban J connectivity index is 2.25. The molecule has 102 valence electrons. The molecule has 0 aromatic carbocycles. The van der Waals surface area contributed by atoms with Crippen molar-refractivity contribution in [3.63, 3.8) is 0 Å². The predicted octanol–water partition coefficient (Wildman–Crippen LogP) is 2.47. The first-order valence-corrected chi connectivity index (χ1v) is 6.90. The molecule has 0 saturated carbocycles. The van der Waals surface area contributed by atoms with Crippen LogP contribution in [0.3, 0.4) is 0 Å². The number of nitrogens with zero attached hydrogens (tertiary/aromatic N) is 3. The highest BCUT2D eigenvalue weighted by Gasteiger charge is 2.10.